The van der Waals surface area contributed by atoms with Crippen molar-refractivity contribution in [2.24, 2.45) is 0 Å². The van der Waals surface area contributed by atoms with E-state index in [9.17, 15) is 13.2 Å². The molecule has 0 aromatic heterocycles. The molecule has 1 amide bonds. The molecule has 1 aliphatic heterocycles. The van der Waals surface area contributed by atoms with Crippen LogP contribution in [-0.4, -0.2) is 46.1 Å². The van der Waals surface area contributed by atoms with Gasteiger partial charge in [0.25, 0.3) is 5.91 Å². The van der Waals surface area contributed by atoms with Crippen LogP contribution >= 0.6 is 12.4 Å². The Balaban J connectivity index is 0.00000280. The molecule has 28 heavy (non-hydrogen) atoms. The van der Waals surface area contributed by atoms with Gasteiger partial charge in [0.05, 0.1) is 7.11 Å². The predicted molar refractivity (Wildman–Crippen MR) is 111 cm³/mol. The van der Waals surface area contributed by atoms with Gasteiger partial charge < -0.3 is 15.4 Å². The van der Waals surface area contributed by atoms with Crippen molar-refractivity contribution in [2.45, 2.75) is 68.5 Å². The lowest BCUT2D eigenvalue weighted by Gasteiger charge is -2.30. The van der Waals surface area contributed by atoms with Gasteiger partial charge in [0.15, 0.2) is 0 Å². The van der Waals surface area contributed by atoms with Crippen LogP contribution in [0.25, 0.3) is 0 Å². The second kappa shape index (κ2) is 9.91. The number of sulfonamides is 1. The normalized spacial score (nSPS) is 23.1. The molecule has 2 unspecified atom stereocenters. The quantitative estimate of drug-likeness (QED) is 0.641. The largest absolute Gasteiger partial charge is 0.495 e. The van der Waals surface area contributed by atoms with Gasteiger partial charge in [0.2, 0.25) is 10.0 Å². The number of halogens is 1. The molecule has 0 spiro atoms. The third kappa shape index (κ3) is 5.37. The lowest BCUT2D eigenvalue weighted by molar-refractivity contribution is 0.0919. The van der Waals surface area contributed by atoms with Crippen molar-refractivity contribution < 1.29 is 17.9 Å². The van der Waals surface area contributed by atoms with Gasteiger partial charge in [-0.1, -0.05) is 12.8 Å². The van der Waals surface area contributed by atoms with Gasteiger partial charge in [-0.05, 0) is 57.4 Å². The molecular formula is C19H30ClN3O4S. The SMILES string of the molecule is COc1ccc(C(=O)NC2CCCNC2C)cc1S(=O)(=O)NC1CCCC1.Cl. The Hall–Kier alpha value is -1.35. The van der Waals surface area contributed by atoms with Crippen LogP contribution in [0.2, 0.25) is 0 Å². The zero-order chi connectivity index (χ0) is 19.4. The van der Waals surface area contributed by atoms with Crippen molar-refractivity contribution >= 4 is 28.3 Å². The van der Waals surface area contributed by atoms with Gasteiger partial charge in [-0.25, -0.2) is 13.1 Å². The van der Waals surface area contributed by atoms with E-state index in [4.69, 9.17) is 4.74 Å². The van der Waals surface area contributed by atoms with E-state index in [-0.39, 0.29) is 47.1 Å². The Morgan fingerprint density at radius 2 is 1.89 bits per heavy atom. The minimum absolute atomic E-state index is 0. The number of nitrogens with one attached hydrogen (secondary N) is 3. The highest BCUT2D eigenvalue weighted by Gasteiger charge is 2.28. The molecule has 0 bridgehead atoms. The molecule has 1 saturated heterocycles. The number of carbonyl (C=O) groups excluding carboxylic acids is 1. The molecule has 158 valence electrons. The molecule has 3 rings (SSSR count). The summed E-state index contributed by atoms with van der Waals surface area (Å²) < 4.78 is 33.7. The molecule has 9 heteroatoms. The number of piperidine rings is 1. The number of rotatable bonds is 6. The summed E-state index contributed by atoms with van der Waals surface area (Å²) in [6, 6.07) is 4.72. The van der Waals surface area contributed by atoms with Crippen LogP contribution in [0.15, 0.2) is 23.1 Å². The lowest BCUT2D eigenvalue weighted by Crippen LogP contribution is -2.51. The Morgan fingerprint density at radius 1 is 1.18 bits per heavy atom. The number of amides is 1. The van der Waals surface area contributed by atoms with Crippen LogP contribution in [0.5, 0.6) is 5.75 Å². The highest BCUT2D eigenvalue weighted by molar-refractivity contribution is 7.89. The van der Waals surface area contributed by atoms with Crippen molar-refractivity contribution in [3.05, 3.63) is 23.8 Å². The average molecular weight is 432 g/mol. The molecular weight excluding hydrogens is 402 g/mol. The Kier molecular flexibility index (Phi) is 8.12. The van der Waals surface area contributed by atoms with Gasteiger partial charge in [0.1, 0.15) is 10.6 Å². The van der Waals surface area contributed by atoms with Crippen molar-refractivity contribution in [1.29, 1.82) is 0 Å². The minimum atomic E-state index is -3.75. The third-order valence-corrected chi connectivity index (χ3v) is 7.01. The number of hydrogen-bond donors (Lipinski definition) is 3. The third-order valence-electron chi connectivity index (χ3n) is 5.47. The lowest BCUT2D eigenvalue weighted by atomic mass is 9.99. The smallest absolute Gasteiger partial charge is 0.251 e. The van der Waals surface area contributed by atoms with Gasteiger partial charge in [0, 0.05) is 23.7 Å². The highest BCUT2D eigenvalue weighted by Crippen LogP contribution is 2.27. The number of ether oxygens (including phenoxy) is 1. The van der Waals surface area contributed by atoms with E-state index < -0.39 is 10.0 Å². The maximum atomic E-state index is 12.9. The fraction of sp³-hybridized carbons (Fsp3) is 0.632. The fourth-order valence-corrected chi connectivity index (χ4v) is 5.35. The monoisotopic (exact) mass is 431 g/mol. The van der Waals surface area contributed by atoms with E-state index >= 15 is 0 Å². The standard InChI is InChI=1S/C19H29N3O4S.ClH/c1-13-16(8-5-11-20-13)21-19(23)14-9-10-17(26-2)18(12-14)27(24,25)22-15-6-3-4-7-15;/h9-10,12-13,15-16,20,22H,3-8,11H2,1-2H3,(H,21,23);1H. The second-order valence-corrected chi connectivity index (χ2v) is 9.12. The van der Waals surface area contributed by atoms with E-state index in [0.29, 0.717) is 5.56 Å². The number of benzene rings is 1. The predicted octanol–water partition coefficient (Wildman–Crippen LogP) is 2.21. The number of hydrogen-bond acceptors (Lipinski definition) is 5. The molecule has 2 aliphatic rings. The van der Waals surface area contributed by atoms with Crippen molar-refractivity contribution in [3.8, 4) is 5.75 Å². The highest BCUT2D eigenvalue weighted by atomic mass is 35.5. The minimum Gasteiger partial charge on any atom is -0.495 e. The Morgan fingerprint density at radius 3 is 2.54 bits per heavy atom. The summed E-state index contributed by atoms with van der Waals surface area (Å²) in [7, 11) is -2.32. The van der Waals surface area contributed by atoms with Crippen LogP contribution in [0.3, 0.4) is 0 Å². The van der Waals surface area contributed by atoms with E-state index in [2.05, 4.69) is 15.4 Å². The first-order valence-electron chi connectivity index (χ1n) is 9.65. The summed E-state index contributed by atoms with van der Waals surface area (Å²) in [5.41, 5.74) is 0.320. The van der Waals surface area contributed by atoms with E-state index in [1.54, 1.807) is 12.1 Å². The maximum absolute atomic E-state index is 12.9. The molecule has 1 aromatic carbocycles. The Bertz CT molecular complexity index is 781. The van der Waals surface area contributed by atoms with Crippen LogP contribution in [0, 0.1) is 0 Å². The molecule has 1 heterocycles. The van der Waals surface area contributed by atoms with Crippen molar-refractivity contribution in [2.75, 3.05) is 13.7 Å². The summed E-state index contributed by atoms with van der Waals surface area (Å²) in [4.78, 5) is 12.7. The van der Waals surface area contributed by atoms with Crippen molar-refractivity contribution in [3.63, 3.8) is 0 Å². The molecule has 1 aromatic rings. The summed E-state index contributed by atoms with van der Waals surface area (Å²) in [6.07, 6.45) is 5.65. The summed E-state index contributed by atoms with van der Waals surface area (Å²) >= 11 is 0. The molecule has 3 N–H and O–H groups in total. The first-order chi connectivity index (χ1) is 12.9. The fourth-order valence-electron chi connectivity index (χ4n) is 3.85. The maximum Gasteiger partial charge on any atom is 0.251 e. The van der Waals surface area contributed by atoms with E-state index in [1.165, 1.54) is 13.2 Å². The van der Waals surface area contributed by atoms with Gasteiger partial charge in [-0.15, -0.1) is 12.4 Å². The molecule has 1 aliphatic carbocycles. The molecule has 2 fully saturated rings. The first kappa shape index (κ1) is 22.9. The average Bonchev–Trinajstić information content (AvgIpc) is 3.15. The molecule has 1 saturated carbocycles. The van der Waals surface area contributed by atoms with E-state index in [0.717, 1.165) is 45.1 Å². The van der Waals surface area contributed by atoms with Crippen LogP contribution < -0.4 is 20.1 Å². The van der Waals surface area contributed by atoms with E-state index in [1.807, 2.05) is 6.92 Å². The second-order valence-electron chi connectivity index (χ2n) is 7.43. The molecule has 7 nitrogen and oxygen atoms in total. The summed E-state index contributed by atoms with van der Waals surface area (Å²) in [5.74, 6) is -0.0275. The van der Waals surface area contributed by atoms with Crippen LogP contribution in [0.1, 0.15) is 55.8 Å². The summed E-state index contributed by atoms with van der Waals surface area (Å²) in [6.45, 7) is 2.99. The van der Waals surface area contributed by atoms with Crippen LogP contribution in [0.4, 0.5) is 0 Å². The van der Waals surface area contributed by atoms with Crippen LogP contribution in [-0.2, 0) is 10.0 Å². The zero-order valence-corrected chi connectivity index (χ0v) is 18.0. The Labute approximate surface area is 173 Å². The first-order valence-corrected chi connectivity index (χ1v) is 11.1. The number of methoxy groups -OCH3 is 1. The zero-order valence-electron chi connectivity index (χ0n) is 16.4. The summed E-state index contributed by atoms with van der Waals surface area (Å²) in [5, 5.41) is 6.36. The number of carbonyl (C=O) groups is 1. The topological polar surface area (TPSA) is 96.5 Å². The van der Waals surface area contributed by atoms with Crippen molar-refractivity contribution in [1.82, 2.24) is 15.4 Å². The van der Waals surface area contributed by atoms with Gasteiger partial charge >= 0.3 is 0 Å². The van der Waals surface area contributed by atoms with Gasteiger partial charge in [-0.2, -0.15) is 0 Å². The van der Waals surface area contributed by atoms with Gasteiger partial charge in [-0.3, -0.25) is 4.79 Å². The molecule has 0 radical (unpaired) electrons. The molecule has 2 atom stereocenters.